The Kier molecular flexibility index (Phi) is 5.48. The average Bonchev–Trinajstić information content (AvgIpc) is 3.10. The van der Waals surface area contributed by atoms with Crippen LogP contribution < -0.4 is 9.88 Å². The van der Waals surface area contributed by atoms with Gasteiger partial charge in [0.25, 0.3) is 5.82 Å². The number of halogens is 1. The molecule has 4 rings (SSSR count). The highest BCUT2D eigenvalue weighted by Crippen LogP contribution is 2.25. The molecule has 6 nitrogen and oxygen atoms in total. The van der Waals surface area contributed by atoms with E-state index in [1.54, 1.807) is 4.90 Å². The van der Waals surface area contributed by atoms with Crippen LogP contribution in [0.15, 0.2) is 48.7 Å². The Morgan fingerprint density at radius 2 is 1.82 bits per heavy atom. The summed E-state index contributed by atoms with van der Waals surface area (Å²) in [6.45, 7) is 3.86. The number of aromatic nitrogens is 1. The number of piperazine rings is 1. The highest BCUT2D eigenvalue weighted by molar-refractivity contribution is 6.31. The van der Waals surface area contributed by atoms with E-state index >= 15 is 0 Å². The van der Waals surface area contributed by atoms with Gasteiger partial charge in [0.05, 0.1) is 25.2 Å². The fourth-order valence-electron chi connectivity index (χ4n) is 3.93. The first-order valence-corrected chi connectivity index (χ1v) is 10.0. The van der Waals surface area contributed by atoms with Gasteiger partial charge in [0.1, 0.15) is 13.1 Å². The Morgan fingerprint density at radius 3 is 2.54 bits per heavy atom. The Balaban J connectivity index is 1.33. The molecule has 1 atom stereocenters. The normalized spacial score (nSPS) is 20.0. The molecule has 2 aliphatic heterocycles. The number of carbonyl (C=O) groups excluding carboxylic acids is 2. The second-order valence-electron chi connectivity index (χ2n) is 7.33. The third-order valence-electron chi connectivity index (χ3n) is 5.51. The molecule has 1 N–H and O–H groups in total. The van der Waals surface area contributed by atoms with Gasteiger partial charge in [-0.1, -0.05) is 35.9 Å². The molecule has 146 valence electrons. The summed E-state index contributed by atoms with van der Waals surface area (Å²) in [6, 6.07) is 13.5. The third kappa shape index (κ3) is 3.97. The second-order valence-corrected chi connectivity index (χ2v) is 7.73. The zero-order valence-corrected chi connectivity index (χ0v) is 16.4. The minimum Gasteiger partial charge on any atom is -0.337 e. The maximum Gasteiger partial charge on any atom is 0.274 e. The molecule has 0 radical (unpaired) electrons. The number of rotatable bonds is 4. The van der Waals surface area contributed by atoms with Crippen molar-refractivity contribution in [2.24, 2.45) is 5.92 Å². The molecule has 1 aromatic carbocycles. The van der Waals surface area contributed by atoms with Gasteiger partial charge in [-0.25, -0.2) is 4.98 Å². The van der Waals surface area contributed by atoms with Crippen LogP contribution in [0.25, 0.3) is 0 Å². The van der Waals surface area contributed by atoms with E-state index in [1.807, 2.05) is 53.6 Å². The Labute approximate surface area is 169 Å². The maximum atomic E-state index is 12.9. The van der Waals surface area contributed by atoms with E-state index in [4.69, 9.17) is 11.6 Å². The number of likely N-dealkylation sites (tertiary alicyclic amines) is 1. The second kappa shape index (κ2) is 8.19. The Hall–Kier alpha value is -2.60. The molecule has 2 aromatic rings. The molecule has 0 spiro atoms. The predicted octanol–water partition coefficient (Wildman–Crippen LogP) is 1.85. The molecule has 28 heavy (non-hydrogen) atoms. The van der Waals surface area contributed by atoms with E-state index in [-0.39, 0.29) is 24.2 Å². The van der Waals surface area contributed by atoms with E-state index in [0.717, 1.165) is 24.5 Å². The molecule has 2 aliphatic rings. The van der Waals surface area contributed by atoms with Crippen molar-refractivity contribution in [3.63, 3.8) is 0 Å². The lowest BCUT2D eigenvalue weighted by Crippen LogP contribution is -2.51. The number of anilines is 1. The van der Waals surface area contributed by atoms with Gasteiger partial charge < -0.3 is 9.80 Å². The number of H-pyrrole nitrogens is 1. The smallest absolute Gasteiger partial charge is 0.274 e. The molecule has 0 bridgehead atoms. The number of pyridine rings is 1. The number of amides is 2. The summed E-state index contributed by atoms with van der Waals surface area (Å²) in [7, 11) is 0. The molecular formula is C21H24ClN4O2+. The number of carbonyl (C=O) groups is 2. The first kappa shape index (κ1) is 18.7. The third-order valence-corrected chi connectivity index (χ3v) is 5.88. The summed E-state index contributed by atoms with van der Waals surface area (Å²) in [6.07, 6.45) is 2.19. The van der Waals surface area contributed by atoms with Crippen molar-refractivity contribution < 1.29 is 14.6 Å². The highest BCUT2D eigenvalue weighted by Gasteiger charge is 2.38. The van der Waals surface area contributed by atoms with E-state index < -0.39 is 0 Å². The van der Waals surface area contributed by atoms with Crippen molar-refractivity contribution in [1.82, 2.24) is 9.80 Å². The van der Waals surface area contributed by atoms with Crippen molar-refractivity contribution in [2.45, 2.75) is 13.0 Å². The fraction of sp³-hybridized carbons (Fsp3) is 0.381. The number of benzene rings is 1. The van der Waals surface area contributed by atoms with Crippen molar-refractivity contribution in [3.8, 4) is 0 Å². The summed E-state index contributed by atoms with van der Waals surface area (Å²) in [5.41, 5.74) is 0.915. The molecular weight excluding hydrogens is 376 g/mol. The Bertz CT molecular complexity index is 852. The average molecular weight is 400 g/mol. The van der Waals surface area contributed by atoms with Crippen molar-refractivity contribution >= 4 is 29.2 Å². The fourth-order valence-corrected chi connectivity index (χ4v) is 4.12. The summed E-state index contributed by atoms with van der Waals surface area (Å²) < 4.78 is 0. The van der Waals surface area contributed by atoms with Gasteiger partial charge in [0, 0.05) is 30.6 Å². The van der Waals surface area contributed by atoms with E-state index in [2.05, 4.69) is 9.88 Å². The number of hydrogen-bond donors (Lipinski definition) is 0. The van der Waals surface area contributed by atoms with Gasteiger partial charge in [-0.2, -0.15) is 0 Å². The van der Waals surface area contributed by atoms with Gasteiger partial charge in [0.2, 0.25) is 11.8 Å². The molecule has 0 aliphatic carbocycles. The van der Waals surface area contributed by atoms with Crippen molar-refractivity contribution in [2.75, 3.05) is 37.6 Å². The summed E-state index contributed by atoms with van der Waals surface area (Å²) >= 11 is 6.21. The van der Waals surface area contributed by atoms with Crippen LogP contribution in [0.2, 0.25) is 5.02 Å². The van der Waals surface area contributed by atoms with E-state index in [1.165, 1.54) is 0 Å². The number of nitrogens with zero attached hydrogens (tertiary/aromatic N) is 3. The van der Waals surface area contributed by atoms with Gasteiger partial charge in [-0.3, -0.25) is 14.5 Å². The molecule has 2 fully saturated rings. The topological polar surface area (TPSA) is 58.0 Å². The lowest BCUT2D eigenvalue weighted by Gasteiger charge is -2.32. The van der Waals surface area contributed by atoms with Gasteiger partial charge in [-0.15, -0.1) is 0 Å². The van der Waals surface area contributed by atoms with Crippen molar-refractivity contribution in [3.05, 3.63) is 59.2 Å². The van der Waals surface area contributed by atoms with Crippen LogP contribution >= 0.6 is 11.6 Å². The standard InChI is InChI=1S/C21H23ClN4O2/c22-18-6-2-1-5-16(18)14-26-15-17(13-20(26)27)21(28)25-11-9-24(10-12-25)19-7-3-4-8-23-19/h1-8,17H,9-15H2/p+1/t17-/m0/s1. The molecule has 1 aromatic heterocycles. The number of hydrogen-bond acceptors (Lipinski definition) is 3. The van der Waals surface area contributed by atoms with Crippen LogP contribution in [0.1, 0.15) is 12.0 Å². The summed E-state index contributed by atoms with van der Waals surface area (Å²) in [5, 5.41) is 0.652. The molecule has 2 amide bonds. The summed E-state index contributed by atoms with van der Waals surface area (Å²) in [5.74, 6) is 0.920. The van der Waals surface area contributed by atoms with Crippen LogP contribution in [0.5, 0.6) is 0 Å². The zero-order chi connectivity index (χ0) is 19.5. The van der Waals surface area contributed by atoms with Crippen LogP contribution in [0.4, 0.5) is 5.82 Å². The zero-order valence-electron chi connectivity index (χ0n) is 15.7. The maximum absolute atomic E-state index is 12.9. The van der Waals surface area contributed by atoms with Crippen LogP contribution in [0.3, 0.4) is 0 Å². The first-order chi connectivity index (χ1) is 13.6. The van der Waals surface area contributed by atoms with Crippen LogP contribution in [0, 0.1) is 5.92 Å². The van der Waals surface area contributed by atoms with Crippen molar-refractivity contribution in [1.29, 1.82) is 0 Å². The van der Waals surface area contributed by atoms with E-state index in [9.17, 15) is 9.59 Å². The number of nitrogens with one attached hydrogen (secondary N) is 1. The lowest BCUT2D eigenvalue weighted by molar-refractivity contribution is -0.364. The molecule has 0 saturated carbocycles. The van der Waals surface area contributed by atoms with Crippen LogP contribution in [-0.4, -0.2) is 54.3 Å². The summed E-state index contributed by atoms with van der Waals surface area (Å²) in [4.78, 5) is 34.5. The largest absolute Gasteiger partial charge is 0.337 e. The highest BCUT2D eigenvalue weighted by atomic mass is 35.5. The monoisotopic (exact) mass is 399 g/mol. The Morgan fingerprint density at radius 1 is 1.07 bits per heavy atom. The minimum atomic E-state index is -0.259. The molecule has 3 heterocycles. The van der Waals surface area contributed by atoms with Gasteiger partial charge in [0.15, 0.2) is 0 Å². The SMILES string of the molecule is O=C1C[C@H](C(=O)N2CCN(c3cccc[nH+]3)CC2)CN1Cc1ccccc1Cl. The first-order valence-electron chi connectivity index (χ1n) is 9.63. The number of aromatic amines is 1. The lowest BCUT2D eigenvalue weighted by atomic mass is 10.1. The van der Waals surface area contributed by atoms with Gasteiger partial charge in [-0.05, 0) is 17.7 Å². The quantitative estimate of drug-likeness (QED) is 0.788. The minimum absolute atomic E-state index is 0.0239. The molecule has 7 heteroatoms. The van der Waals surface area contributed by atoms with E-state index in [0.29, 0.717) is 31.2 Å². The van der Waals surface area contributed by atoms with Crippen LogP contribution in [-0.2, 0) is 16.1 Å². The predicted molar refractivity (Wildman–Crippen MR) is 107 cm³/mol. The van der Waals surface area contributed by atoms with Gasteiger partial charge >= 0.3 is 0 Å². The molecule has 0 unspecified atom stereocenters. The molecule has 2 saturated heterocycles.